The number of nitrogens with zero attached hydrogens (tertiary/aromatic N) is 3. The molecule has 9 heteroatoms. The largest absolute Gasteiger partial charge is 0.465 e. The molecule has 1 atom stereocenters. The molecule has 48 heavy (non-hydrogen) atoms. The number of piperidine rings is 1. The monoisotopic (exact) mass is 658 g/mol. The molecular weight excluding hydrogens is 627 g/mol. The Bertz CT molecular complexity index is 1990. The van der Waals surface area contributed by atoms with Gasteiger partial charge in [0.25, 0.3) is 0 Å². The van der Waals surface area contributed by atoms with Crippen molar-refractivity contribution in [3.63, 3.8) is 0 Å². The van der Waals surface area contributed by atoms with Crippen LogP contribution in [0.25, 0.3) is 22.0 Å². The number of aromatic nitrogens is 2. The maximum Gasteiger partial charge on any atom is 0.407 e. The number of carbonyl (C=O) groups is 2. The summed E-state index contributed by atoms with van der Waals surface area (Å²) in [6.07, 6.45) is 0.0769. The van der Waals surface area contributed by atoms with Crippen molar-refractivity contribution in [3.8, 4) is 11.1 Å². The van der Waals surface area contributed by atoms with E-state index < -0.39 is 23.4 Å². The van der Waals surface area contributed by atoms with Crippen LogP contribution in [0.1, 0.15) is 29.5 Å². The zero-order chi connectivity index (χ0) is 33.3. The Balaban J connectivity index is 1.49. The Morgan fingerprint density at radius 1 is 0.833 bits per heavy atom. The number of carboxylic acid groups (broad SMARTS) is 1. The molecule has 7 rings (SSSR count). The van der Waals surface area contributed by atoms with Crippen molar-refractivity contribution in [2.24, 2.45) is 5.92 Å². The molecule has 1 unspecified atom stereocenters. The summed E-state index contributed by atoms with van der Waals surface area (Å²) >= 11 is 6.51. The highest BCUT2D eigenvalue weighted by Crippen LogP contribution is 2.44. The van der Waals surface area contributed by atoms with Crippen LogP contribution in [0, 0.1) is 11.7 Å². The van der Waals surface area contributed by atoms with Gasteiger partial charge in [-0.3, -0.25) is 4.79 Å². The Morgan fingerprint density at radius 2 is 1.44 bits per heavy atom. The molecule has 2 heterocycles. The van der Waals surface area contributed by atoms with Crippen molar-refractivity contribution in [3.05, 3.63) is 155 Å². The third kappa shape index (κ3) is 5.48. The van der Waals surface area contributed by atoms with Crippen LogP contribution < -0.4 is 5.32 Å². The SMILES string of the molecule is O=C(Nc1nn(C(c2ccccc2)(c2ccccc2)c2ccccc2)c2ccc(-c3c(F)cccc3Cl)cc12)C1CCCN(C(=O)O)C1. The molecule has 0 radical (unpaired) electrons. The molecule has 0 bridgehead atoms. The predicted octanol–water partition coefficient (Wildman–Crippen LogP) is 8.66. The van der Waals surface area contributed by atoms with Crippen LogP contribution in [0.15, 0.2) is 127 Å². The Morgan fingerprint density at radius 3 is 2.00 bits per heavy atom. The van der Waals surface area contributed by atoms with Crippen molar-refractivity contribution in [1.82, 2.24) is 14.7 Å². The third-order valence-corrected chi connectivity index (χ3v) is 9.44. The molecule has 7 nitrogen and oxygen atoms in total. The molecule has 0 aliphatic carbocycles. The number of rotatable bonds is 7. The number of amides is 2. The zero-order valence-corrected chi connectivity index (χ0v) is 26.6. The summed E-state index contributed by atoms with van der Waals surface area (Å²) in [5.41, 5.74) is 3.29. The molecular formula is C39H32ClFN4O3. The van der Waals surface area contributed by atoms with E-state index in [0.29, 0.717) is 35.9 Å². The zero-order valence-electron chi connectivity index (χ0n) is 25.9. The number of nitrogens with one attached hydrogen (secondary N) is 1. The quantitative estimate of drug-likeness (QED) is 0.168. The second-order valence-electron chi connectivity index (χ2n) is 12.0. The number of benzene rings is 5. The second kappa shape index (κ2) is 13.0. The van der Waals surface area contributed by atoms with Crippen LogP contribution >= 0.6 is 11.6 Å². The Kier molecular flexibility index (Phi) is 8.41. The Labute approximate surface area is 282 Å². The van der Waals surface area contributed by atoms with Crippen molar-refractivity contribution in [2.75, 3.05) is 18.4 Å². The predicted molar refractivity (Wildman–Crippen MR) is 186 cm³/mol. The minimum Gasteiger partial charge on any atom is -0.465 e. The lowest BCUT2D eigenvalue weighted by Crippen LogP contribution is -2.43. The van der Waals surface area contributed by atoms with Gasteiger partial charge in [0, 0.05) is 24.0 Å². The molecule has 1 saturated heterocycles. The van der Waals surface area contributed by atoms with Crippen LogP contribution in [0.3, 0.4) is 0 Å². The fraction of sp³-hybridized carbons (Fsp3) is 0.154. The number of hydrogen-bond acceptors (Lipinski definition) is 3. The molecule has 1 aliphatic rings. The topological polar surface area (TPSA) is 87.5 Å². The minimum atomic E-state index is -1.05. The van der Waals surface area contributed by atoms with Crippen molar-refractivity contribution in [1.29, 1.82) is 0 Å². The van der Waals surface area contributed by atoms with Crippen LogP contribution in [-0.4, -0.2) is 44.9 Å². The van der Waals surface area contributed by atoms with Gasteiger partial charge >= 0.3 is 6.09 Å². The molecule has 240 valence electrons. The highest BCUT2D eigenvalue weighted by molar-refractivity contribution is 6.33. The van der Waals surface area contributed by atoms with E-state index in [0.717, 1.165) is 16.7 Å². The molecule has 0 spiro atoms. The van der Waals surface area contributed by atoms with E-state index in [1.165, 1.54) is 11.0 Å². The summed E-state index contributed by atoms with van der Waals surface area (Å²) in [6, 6.07) is 40.2. The summed E-state index contributed by atoms with van der Waals surface area (Å²) in [5.74, 6) is -1.07. The van der Waals surface area contributed by atoms with Crippen LogP contribution in [-0.2, 0) is 10.3 Å². The summed E-state index contributed by atoms with van der Waals surface area (Å²) in [7, 11) is 0. The molecule has 5 aromatic carbocycles. The maximum atomic E-state index is 15.2. The Hall–Kier alpha value is -5.47. The van der Waals surface area contributed by atoms with Gasteiger partial charge in [-0.1, -0.05) is 115 Å². The highest BCUT2D eigenvalue weighted by atomic mass is 35.5. The molecule has 1 fully saturated rings. The number of likely N-dealkylation sites (tertiary alicyclic amines) is 1. The van der Waals surface area contributed by atoms with Gasteiger partial charge in [-0.05, 0) is 59.4 Å². The lowest BCUT2D eigenvalue weighted by Gasteiger charge is -2.37. The van der Waals surface area contributed by atoms with Gasteiger partial charge in [-0.25, -0.2) is 13.9 Å². The van der Waals surface area contributed by atoms with Crippen molar-refractivity contribution >= 4 is 40.3 Å². The highest BCUT2D eigenvalue weighted by Gasteiger charge is 2.41. The van der Waals surface area contributed by atoms with Gasteiger partial charge in [0.2, 0.25) is 5.91 Å². The van der Waals surface area contributed by atoms with Gasteiger partial charge < -0.3 is 15.3 Å². The van der Waals surface area contributed by atoms with Crippen LogP contribution in [0.5, 0.6) is 0 Å². The van der Waals surface area contributed by atoms with Crippen LogP contribution in [0.2, 0.25) is 5.02 Å². The number of halogens is 2. The number of fused-ring (bicyclic) bond motifs is 1. The van der Waals surface area contributed by atoms with Gasteiger partial charge in [0.15, 0.2) is 5.82 Å². The first kappa shape index (κ1) is 31.1. The smallest absolute Gasteiger partial charge is 0.407 e. The average molecular weight is 659 g/mol. The first-order valence-corrected chi connectivity index (χ1v) is 16.2. The average Bonchev–Trinajstić information content (AvgIpc) is 3.47. The fourth-order valence-electron chi connectivity index (χ4n) is 6.88. The first-order valence-electron chi connectivity index (χ1n) is 15.8. The standard InChI is InChI=1S/C39H32ClFN4O3/c40-32-19-10-20-33(41)35(32)26-21-22-34-31(24-26)36(42-37(46)27-12-11-23-44(25-27)38(47)48)43-45(34)39(28-13-4-1-5-14-28,29-15-6-2-7-16-29)30-17-8-3-9-18-30/h1-10,13-22,24,27H,11-12,23,25H2,(H,47,48)(H,42,43,46). The first-order chi connectivity index (χ1) is 23.4. The molecule has 6 aromatic rings. The number of carbonyl (C=O) groups excluding carboxylic acids is 1. The number of anilines is 1. The summed E-state index contributed by atoms with van der Waals surface area (Å²) in [6.45, 7) is 0.481. The molecule has 2 N–H and O–H groups in total. The van der Waals surface area contributed by atoms with E-state index in [1.807, 2.05) is 71.4 Å². The molecule has 1 aromatic heterocycles. The van der Waals surface area contributed by atoms with E-state index in [9.17, 15) is 14.7 Å². The summed E-state index contributed by atoms with van der Waals surface area (Å²) in [4.78, 5) is 26.9. The molecule has 0 saturated carbocycles. The number of hydrogen-bond donors (Lipinski definition) is 2. The summed E-state index contributed by atoms with van der Waals surface area (Å²) < 4.78 is 17.1. The third-order valence-electron chi connectivity index (χ3n) is 9.13. The summed E-state index contributed by atoms with van der Waals surface area (Å²) in [5, 5.41) is 18.7. The lowest BCUT2D eigenvalue weighted by molar-refractivity contribution is -0.121. The van der Waals surface area contributed by atoms with Gasteiger partial charge in [-0.2, -0.15) is 5.10 Å². The van der Waals surface area contributed by atoms with E-state index in [2.05, 4.69) is 41.7 Å². The second-order valence-corrected chi connectivity index (χ2v) is 12.4. The lowest BCUT2D eigenvalue weighted by atomic mass is 9.77. The minimum absolute atomic E-state index is 0.0951. The fourth-order valence-corrected chi connectivity index (χ4v) is 7.16. The van der Waals surface area contributed by atoms with Crippen LogP contribution in [0.4, 0.5) is 15.0 Å². The van der Waals surface area contributed by atoms with Crippen molar-refractivity contribution < 1.29 is 19.1 Å². The van der Waals surface area contributed by atoms with E-state index >= 15 is 4.39 Å². The van der Waals surface area contributed by atoms with Gasteiger partial charge in [-0.15, -0.1) is 0 Å². The van der Waals surface area contributed by atoms with E-state index in [4.69, 9.17) is 16.7 Å². The van der Waals surface area contributed by atoms with Gasteiger partial charge in [0.1, 0.15) is 11.4 Å². The normalized spacial score (nSPS) is 15.0. The molecule has 1 aliphatic heterocycles. The molecule has 2 amide bonds. The van der Waals surface area contributed by atoms with E-state index in [1.54, 1.807) is 18.2 Å². The maximum absolute atomic E-state index is 15.2. The van der Waals surface area contributed by atoms with Gasteiger partial charge in [0.05, 0.1) is 16.5 Å². The van der Waals surface area contributed by atoms with E-state index in [-0.39, 0.29) is 28.9 Å². The van der Waals surface area contributed by atoms with Crippen molar-refractivity contribution in [2.45, 2.75) is 18.4 Å².